The number of hydrogen-bond donors (Lipinski definition) is 3. The van der Waals surface area contributed by atoms with Crippen molar-refractivity contribution in [2.75, 3.05) is 18.4 Å². The van der Waals surface area contributed by atoms with E-state index < -0.39 is 29.4 Å². The van der Waals surface area contributed by atoms with E-state index >= 15 is 0 Å². The van der Waals surface area contributed by atoms with Crippen LogP contribution in [0.15, 0.2) is 35.3 Å². The highest BCUT2D eigenvalue weighted by atomic mass is 16.4. The first kappa shape index (κ1) is 24.8. The molecule has 0 spiro atoms. The summed E-state index contributed by atoms with van der Waals surface area (Å²) in [5.41, 5.74) is -0.527. The number of aromatic nitrogens is 1. The summed E-state index contributed by atoms with van der Waals surface area (Å²) in [4.78, 5) is 61.8. The summed E-state index contributed by atoms with van der Waals surface area (Å²) in [5, 5.41) is 13.7. The van der Waals surface area contributed by atoms with Crippen molar-refractivity contribution in [3.63, 3.8) is 0 Å². The lowest BCUT2D eigenvalue weighted by Crippen LogP contribution is -2.44. The van der Waals surface area contributed by atoms with Crippen molar-refractivity contribution >= 4 is 29.4 Å². The summed E-state index contributed by atoms with van der Waals surface area (Å²) in [6, 6.07) is 2.04. The number of piperidine rings is 1. The molecule has 0 saturated carbocycles. The van der Waals surface area contributed by atoms with Gasteiger partial charge in [-0.1, -0.05) is 13.0 Å². The molecule has 3 N–H and O–H groups in total. The van der Waals surface area contributed by atoms with Crippen LogP contribution in [0.2, 0.25) is 0 Å². The Morgan fingerprint density at radius 2 is 2.06 bits per heavy atom. The van der Waals surface area contributed by atoms with Crippen molar-refractivity contribution in [3.8, 4) is 0 Å². The molecular weight excluding hydrogens is 416 g/mol. The summed E-state index contributed by atoms with van der Waals surface area (Å²) in [6.45, 7) is 4.56. The fraction of sp³-hybridized carbons (Fsp3) is 0.500. The number of allylic oxidation sites excluding steroid dienone is 1. The largest absolute Gasteiger partial charge is 0.478 e. The van der Waals surface area contributed by atoms with Crippen molar-refractivity contribution < 1.29 is 24.3 Å². The van der Waals surface area contributed by atoms with Gasteiger partial charge in [0.15, 0.2) is 0 Å². The summed E-state index contributed by atoms with van der Waals surface area (Å²) in [6.07, 6.45) is 6.24. The van der Waals surface area contributed by atoms with E-state index in [0.717, 1.165) is 18.9 Å². The normalized spacial score (nSPS) is 17.1. The summed E-state index contributed by atoms with van der Waals surface area (Å²) in [5.74, 6) is -1.87. The molecule has 174 valence electrons. The molecule has 1 fully saturated rings. The van der Waals surface area contributed by atoms with Crippen molar-refractivity contribution in [2.24, 2.45) is 5.92 Å². The Morgan fingerprint density at radius 1 is 1.31 bits per heavy atom. The Balaban J connectivity index is 2.07. The first-order chi connectivity index (χ1) is 15.2. The molecule has 2 unspecified atom stereocenters. The van der Waals surface area contributed by atoms with Crippen LogP contribution in [0.4, 0.5) is 5.69 Å². The number of anilines is 1. The number of carbonyl (C=O) groups is 4. The molecule has 1 aromatic rings. The fourth-order valence-electron chi connectivity index (χ4n) is 3.60. The first-order valence-electron chi connectivity index (χ1n) is 10.6. The van der Waals surface area contributed by atoms with E-state index in [2.05, 4.69) is 17.6 Å². The zero-order chi connectivity index (χ0) is 23.7. The number of nitrogens with zero attached hydrogens (tertiary/aromatic N) is 2. The number of hydrogen-bond acceptors (Lipinski definition) is 5. The minimum Gasteiger partial charge on any atom is -0.478 e. The van der Waals surface area contributed by atoms with Gasteiger partial charge in [0.25, 0.3) is 5.56 Å². The summed E-state index contributed by atoms with van der Waals surface area (Å²) >= 11 is 0. The summed E-state index contributed by atoms with van der Waals surface area (Å²) < 4.78 is 1.25. The number of aliphatic carboxylic acids is 1. The standard InChI is InChI=1S/C22H30N4O6/c1-15-7-5-11-25(13-15)19(28)14-26-12-6-9-18(22(26)32)24-21(31)17(23-16(2)27)8-3-4-10-20(29)30/h4,6,9-10,12,15,17H,3,5,7-8,11,13-14H2,1-2H3,(H,23,27)(H,24,31)(H,29,30)/b10-4+. The second-order valence-corrected chi connectivity index (χ2v) is 8.00. The minimum atomic E-state index is -1.11. The van der Waals surface area contributed by atoms with Gasteiger partial charge in [0.2, 0.25) is 17.7 Å². The highest BCUT2D eigenvalue weighted by Gasteiger charge is 2.23. The minimum absolute atomic E-state index is 0.00579. The maximum Gasteiger partial charge on any atom is 0.327 e. The van der Waals surface area contributed by atoms with Gasteiger partial charge < -0.3 is 25.2 Å². The Labute approximate surface area is 186 Å². The van der Waals surface area contributed by atoms with Gasteiger partial charge in [-0.3, -0.25) is 19.2 Å². The van der Waals surface area contributed by atoms with Crippen LogP contribution in [0, 0.1) is 5.92 Å². The second kappa shape index (κ2) is 11.8. The number of carboxylic acids is 1. The van der Waals surface area contributed by atoms with Crippen LogP contribution < -0.4 is 16.2 Å². The molecule has 2 heterocycles. The van der Waals surface area contributed by atoms with Crippen LogP contribution in [0.1, 0.15) is 39.5 Å². The number of carboxylic acid groups (broad SMARTS) is 1. The highest BCUT2D eigenvalue weighted by Crippen LogP contribution is 2.15. The molecule has 2 atom stereocenters. The third-order valence-electron chi connectivity index (χ3n) is 5.17. The van der Waals surface area contributed by atoms with Crippen LogP contribution in [-0.2, 0) is 25.7 Å². The number of carbonyl (C=O) groups excluding carboxylic acids is 3. The SMILES string of the molecule is CC(=O)NC(CC/C=C/C(=O)O)C(=O)Nc1cccn(CC(=O)N2CCCC(C)C2)c1=O. The van der Waals surface area contributed by atoms with Crippen molar-refractivity contribution in [1.82, 2.24) is 14.8 Å². The fourth-order valence-corrected chi connectivity index (χ4v) is 3.60. The van der Waals surface area contributed by atoms with E-state index in [0.29, 0.717) is 19.0 Å². The molecule has 0 aromatic carbocycles. The van der Waals surface area contributed by atoms with E-state index in [1.165, 1.54) is 29.8 Å². The lowest BCUT2D eigenvalue weighted by atomic mass is 10.0. The predicted molar refractivity (Wildman–Crippen MR) is 118 cm³/mol. The van der Waals surface area contributed by atoms with E-state index in [9.17, 15) is 24.0 Å². The van der Waals surface area contributed by atoms with E-state index in [1.807, 2.05) is 0 Å². The molecule has 32 heavy (non-hydrogen) atoms. The molecule has 10 nitrogen and oxygen atoms in total. The van der Waals surface area contributed by atoms with Gasteiger partial charge in [-0.25, -0.2) is 4.79 Å². The Kier molecular flexibility index (Phi) is 9.18. The topological polar surface area (TPSA) is 138 Å². The monoisotopic (exact) mass is 446 g/mol. The Hall–Kier alpha value is -3.43. The maximum atomic E-state index is 12.8. The Morgan fingerprint density at radius 3 is 2.72 bits per heavy atom. The van der Waals surface area contributed by atoms with E-state index in [4.69, 9.17) is 5.11 Å². The quantitative estimate of drug-likeness (QED) is 0.483. The third-order valence-corrected chi connectivity index (χ3v) is 5.17. The zero-order valence-corrected chi connectivity index (χ0v) is 18.4. The van der Waals surface area contributed by atoms with Gasteiger partial charge in [-0.15, -0.1) is 0 Å². The van der Waals surface area contributed by atoms with Gasteiger partial charge in [0, 0.05) is 32.3 Å². The van der Waals surface area contributed by atoms with Crippen molar-refractivity contribution in [1.29, 1.82) is 0 Å². The molecule has 1 aliphatic heterocycles. The molecule has 0 aliphatic carbocycles. The molecular formula is C22H30N4O6. The van der Waals surface area contributed by atoms with Gasteiger partial charge >= 0.3 is 5.97 Å². The predicted octanol–water partition coefficient (Wildman–Crippen LogP) is 0.971. The Bertz CT molecular complexity index is 939. The van der Waals surface area contributed by atoms with Crippen LogP contribution in [0.3, 0.4) is 0 Å². The van der Waals surface area contributed by atoms with Gasteiger partial charge in [0.05, 0.1) is 0 Å². The highest BCUT2D eigenvalue weighted by molar-refractivity contribution is 5.96. The van der Waals surface area contributed by atoms with Crippen molar-refractivity contribution in [3.05, 3.63) is 40.8 Å². The molecule has 10 heteroatoms. The average molecular weight is 447 g/mol. The lowest BCUT2D eigenvalue weighted by Gasteiger charge is -2.31. The lowest BCUT2D eigenvalue weighted by molar-refractivity contribution is -0.133. The second-order valence-electron chi connectivity index (χ2n) is 8.00. The maximum absolute atomic E-state index is 12.8. The number of pyridine rings is 1. The molecule has 0 bridgehead atoms. The van der Waals surface area contributed by atoms with Crippen LogP contribution in [-0.4, -0.2) is 57.4 Å². The van der Waals surface area contributed by atoms with Gasteiger partial charge in [0.1, 0.15) is 18.3 Å². The molecule has 1 saturated heterocycles. The zero-order valence-electron chi connectivity index (χ0n) is 18.4. The van der Waals surface area contributed by atoms with E-state index in [-0.39, 0.29) is 31.0 Å². The van der Waals surface area contributed by atoms with Gasteiger partial charge in [-0.05, 0) is 43.7 Å². The van der Waals surface area contributed by atoms with Crippen LogP contribution in [0.25, 0.3) is 0 Å². The van der Waals surface area contributed by atoms with Crippen molar-refractivity contribution in [2.45, 2.75) is 52.1 Å². The number of rotatable bonds is 9. The third kappa shape index (κ3) is 7.68. The number of nitrogens with one attached hydrogen (secondary N) is 2. The number of likely N-dealkylation sites (tertiary alicyclic amines) is 1. The summed E-state index contributed by atoms with van der Waals surface area (Å²) in [7, 11) is 0. The molecule has 1 aromatic heterocycles. The average Bonchev–Trinajstić information content (AvgIpc) is 2.72. The molecule has 3 amide bonds. The molecule has 1 aliphatic rings. The first-order valence-corrected chi connectivity index (χ1v) is 10.6. The number of amides is 3. The van der Waals surface area contributed by atoms with Gasteiger partial charge in [-0.2, -0.15) is 0 Å². The van der Waals surface area contributed by atoms with E-state index in [1.54, 1.807) is 11.0 Å². The molecule has 2 rings (SSSR count). The smallest absolute Gasteiger partial charge is 0.327 e. The molecule has 0 radical (unpaired) electrons. The van der Waals surface area contributed by atoms with Crippen LogP contribution >= 0.6 is 0 Å². The van der Waals surface area contributed by atoms with Crippen LogP contribution in [0.5, 0.6) is 0 Å².